The fraction of sp³-hybridized carbons (Fsp3) is 0.263. The summed E-state index contributed by atoms with van der Waals surface area (Å²) in [5.74, 6) is -3.46. The summed E-state index contributed by atoms with van der Waals surface area (Å²) in [5, 5.41) is 30.4. The van der Waals surface area contributed by atoms with E-state index >= 15 is 0 Å². The third kappa shape index (κ3) is 6.30. The van der Waals surface area contributed by atoms with Crippen molar-refractivity contribution in [2.24, 2.45) is 0 Å². The van der Waals surface area contributed by atoms with Crippen LogP contribution in [0.15, 0.2) is 36.4 Å². The molecule has 1 amide bonds. The Hall–Kier alpha value is -3.43. The topological polar surface area (TPSA) is 116 Å². The van der Waals surface area contributed by atoms with Crippen molar-refractivity contribution in [2.45, 2.75) is 19.0 Å². The number of rotatable bonds is 7. The minimum absolute atomic E-state index is 0.0922. The zero-order chi connectivity index (χ0) is 21.6. The Bertz CT molecular complexity index is 875. The van der Waals surface area contributed by atoms with Gasteiger partial charge in [0.2, 0.25) is 5.91 Å². The number of carbonyl (C=O) groups excluding carboxylic acids is 2. The van der Waals surface area contributed by atoms with Crippen LogP contribution in [0, 0.1) is 0 Å². The molecule has 0 spiro atoms. The van der Waals surface area contributed by atoms with Gasteiger partial charge in [0, 0.05) is 6.54 Å². The predicted molar refractivity (Wildman–Crippen MR) is 94.5 cm³/mol. The van der Waals surface area contributed by atoms with E-state index < -0.39 is 40.9 Å². The molecular formula is C19H18F3NO6. The third-order valence-corrected chi connectivity index (χ3v) is 3.80. The molecule has 0 unspecified atom stereocenters. The predicted octanol–water partition coefficient (Wildman–Crippen LogP) is 2.73. The van der Waals surface area contributed by atoms with Crippen molar-refractivity contribution in [1.82, 2.24) is 5.32 Å². The van der Waals surface area contributed by atoms with Crippen molar-refractivity contribution in [3.8, 4) is 17.2 Å². The van der Waals surface area contributed by atoms with Crippen molar-refractivity contribution in [3.63, 3.8) is 0 Å². The van der Waals surface area contributed by atoms with Gasteiger partial charge in [-0.2, -0.15) is 13.2 Å². The molecule has 7 nitrogen and oxygen atoms in total. The van der Waals surface area contributed by atoms with Gasteiger partial charge in [0.25, 0.3) is 0 Å². The number of ether oxygens (including phenoxy) is 1. The van der Waals surface area contributed by atoms with Gasteiger partial charge in [-0.3, -0.25) is 4.79 Å². The van der Waals surface area contributed by atoms with Gasteiger partial charge in [0.15, 0.2) is 17.2 Å². The average molecular weight is 413 g/mol. The largest absolute Gasteiger partial charge is 0.504 e. The maximum atomic E-state index is 12.7. The summed E-state index contributed by atoms with van der Waals surface area (Å²) in [5.41, 5.74) is -0.789. The zero-order valence-electron chi connectivity index (χ0n) is 15.0. The summed E-state index contributed by atoms with van der Waals surface area (Å²) in [4.78, 5) is 23.6. The number of phenols is 3. The first-order valence-electron chi connectivity index (χ1n) is 8.43. The summed E-state index contributed by atoms with van der Waals surface area (Å²) in [6.45, 7) is 0.0300. The van der Waals surface area contributed by atoms with E-state index in [0.29, 0.717) is 0 Å². The summed E-state index contributed by atoms with van der Waals surface area (Å²) in [6, 6.07) is 6.32. The van der Waals surface area contributed by atoms with Gasteiger partial charge in [-0.1, -0.05) is 18.2 Å². The minimum Gasteiger partial charge on any atom is -0.504 e. The number of hydrogen-bond acceptors (Lipinski definition) is 6. The van der Waals surface area contributed by atoms with E-state index in [2.05, 4.69) is 5.32 Å². The molecule has 0 fully saturated rings. The normalized spacial score (nSPS) is 11.1. The number of amides is 1. The minimum atomic E-state index is -4.48. The van der Waals surface area contributed by atoms with E-state index in [1.807, 2.05) is 0 Å². The van der Waals surface area contributed by atoms with Crippen LogP contribution in [0.3, 0.4) is 0 Å². The van der Waals surface area contributed by atoms with Crippen molar-refractivity contribution in [2.75, 3.05) is 13.2 Å². The van der Waals surface area contributed by atoms with Crippen molar-refractivity contribution < 1.29 is 42.8 Å². The van der Waals surface area contributed by atoms with Gasteiger partial charge in [-0.25, -0.2) is 4.79 Å². The van der Waals surface area contributed by atoms with Crippen molar-refractivity contribution >= 4 is 11.9 Å². The molecule has 0 aromatic heterocycles. The monoisotopic (exact) mass is 413 g/mol. The molecule has 4 N–H and O–H groups in total. The van der Waals surface area contributed by atoms with E-state index in [-0.39, 0.29) is 37.1 Å². The Morgan fingerprint density at radius 2 is 1.69 bits per heavy atom. The van der Waals surface area contributed by atoms with Crippen molar-refractivity contribution in [3.05, 3.63) is 53.1 Å². The Morgan fingerprint density at radius 3 is 2.31 bits per heavy atom. The van der Waals surface area contributed by atoms with Gasteiger partial charge < -0.3 is 25.4 Å². The molecule has 29 heavy (non-hydrogen) atoms. The average Bonchev–Trinajstić information content (AvgIpc) is 2.64. The second-order valence-corrected chi connectivity index (χ2v) is 6.08. The Labute approximate surface area is 163 Å². The molecule has 0 aliphatic heterocycles. The smallest absolute Gasteiger partial charge is 0.416 e. The molecule has 10 heteroatoms. The van der Waals surface area contributed by atoms with Crippen LogP contribution < -0.4 is 5.32 Å². The van der Waals surface area contributed by atoms with Crippen LogP contribution in [0.4, 0.5) is 13.2 Å². The lowest BCUT2D eigenvalue weighted by atomic mass is 10.1. The zero-order valence-corrected chi connectivity index (χ0v) is 15.0. The van der Waals surface area contributed by atoms with Crippen LogP contribution in [0.2, 0.25) is 0 Å². The molecular weight excluding hydrogens is 395 g/mol. The molecule has 156 valence electrons. The molecule has 0 heterocycles. The quantitative estimate of drug-likeness (QED) is 0.315. The van der Waals surface area contributed by atoms with Crippen LogP contribution in [0.5, 0.6) is 17.2 Å². The Balaban J connectivity index is 1.74. The molecule has 0 bridgehead atoms. The second kappa shape index (κ2) is 9.18. The first kappa shape index (κ1) is 21.9. The standard InChI is InChI=1S/C19H18F3NO6/c20-19(21,22)13-4-1-3-11(7-13)8-16(26)23-5-2-6-29-18(28)12-9-14(24)17(27)15(25)10-12/h1,3-4,7,9-10,24-25,27H,2,5-6,8H2,(H,23,26). The molecule has 0 radical (unpaired) electrons. The number of alkyl halides is 3. The van der Waals surface area contributed by atoms with Gasteiger partial charge in [0.1, 0.15) is 0 Å². The third-order valence-electron chi connectivity index (χ3n) is 3.80. The number of aromatic hydroxyl groups is 3. The lowest BCUT2D eigenvalue weighted by Crippen LogP contribution is -2.27. The van der Waals surface area contributed by atoms with Gasteiger partial charge in [0.05, 0.1) is 24.2 Å². The molecule has 0 aliphatic carbocycles. The Morgan fingerprint density at radius 1 is 1.03 bits per heavy atom. The number of carbonyl (C=O) groups is 2. The molecule has 0 aliphatic rings. The molecule has 0 saturated carbocycles. The second-order valence-electron chi connectivity index (χ2n) is 6.08. The summed E-state index contributed by atoms with van der Waals surface area (Å²) in [7, 11) is 0. The number of hydrogen-bond donors (Lipinski definition) is 4. The number of halogens is 3. The molecule has 2 aromatic carbocycles. The van der Waals surface area contributed by atoms with Gasteiger partial charge >= 0.3 is 12.1 Å². The summed E-state index contributed by atoms with van der Waals surface area (Å²) < 4.78 is 42.9. The molecule has 2 rings (SSSR count). The first-order chi connectivity index (χ1) is 13.6. The highest BCUT2D eigenvalue weighted by atomic mass is 19.4. The number of benzene rings is 2. The lowest BCUT2D eigenvalue weighted by molar-refractivity contribution is -0.137. The Kier molecular flexibility index (Phi) is 6.92. The van der Waals surface area contributed by atoms with Crippen LogP contribution >= 0.6 is 0 Å². The molecule has 0 atom stereocenters. The fourth-order valence-corrected chi connectivity index (χ4v) is 2.38. The highest BCUT2D eigenvalue weighted by Gasteiger charge is 2.30. The van der Waals surface area contributed by atoms with E-state index in [9.17, 15) is 38.1 Å². The van der Waals surface area contributed by atoms with Gasteiger partial charge in [-0.05, 0) is 30.2 Å². The number of nitrogens with one attached hydrogen (secondary N) is 1. The highest BCUT2D eigenvalue weighted by Crippen LogP contribution is 2.35. The van der Waals surface area contributed by atoms with Crippen LogP contribution in [-0.2, 0) is 22.1 Å². The van der Waals surface area contributed by atoms with Gasteiger partial charge in [-0.15, -0.1) is 0 Å². The van der Waals surface area contributed by atoms with E-state index in [0.717, 1.165) is 24.3 Å². The van der Waals surface area contributed by atoms with Crippen molar-refractivity contribution in [1.29, 1.82) is 0 Å². The number of phenolic OH excluding ortho intramolecular Hbond substituents is 3. The lowest BCUT2D eigenvalue weighted by Gasteiger charge is -2.10. The number of esters is 1. The van der Waals surface area contributed by atoms with E-state index in [1.54, 1.807) is 0 Å². The SMILES string of the molecule is O=C(Cc1cccc(C(F)(F)F)c1)NCCCOC(=O)c1cc(O)c(O)c(O)c1. The van der Waals surface area contributed by atoms with Crippen LogP contribution in [-0.4, -0.2) is 40.3 Å². The fourth-order valence-electron chi connectivity index (χ4n) is 2.38. The first-order valence-corrected chi connectivity index (χ1v) is 8.43. The van der Waals surface area contributed by atoms with Crippen LogP contribution in [0.25, 0.3) is 0 Å². The van der Waals surface area contributed by atoms with E-state index in [4.69, 9.17) is 4.74 Å². The summed E-state index contributed by atoms with van der Waals surface area (Å²) >= 11 is 0. The molecule has 0 saturated heterocycles. The maximum absolute atomic E-state index is 12.7. The molecule has 2 aromatic rings. The van der Waals surface area contributed by atoms with E-state index in [1.165, 1.54) is 12.1 Å². The highest BCUT2D eigenvalue weighted by molar-refractivity contribution is 5.91. The maximum Gasteiger partial charge on any atom is 0.416 e. The van der Waals surface area contributed by atoms with Crippen LogP contribution in [0.1, 0.15) is 27.9 Å². The summed E-state index contributed by atoms with van der Waals surface area (Å²) in [6.07, 6.45) is -4.48.